The van der Waals surface area contributed by atoms with Crippen LogP contribution in [0.1, 0.15) is 25.3 Å². The zero-order valence-corrected chi connectivity index (χ0v) is 13.6. The predicted octanol–water partition coefficient (Wildman–Crippen LogP) is 1.59. The topological polar surface area (TPSA) is 75.4 Å². The fourth-order valence-electron chi connectivity index (χ4n) is 2.61. The number of piperidine rings is 1. The summed E-state index contributed by atoms with van der Waals surface area (Å²) in [5, 5.41) is 0. The highest BCUT2D eigenvalue weighted by atomic mass is 32.2. The van der Waals surface area contributed by atoms with Crippen LogP contribution in [0.5, 0.6) is 0 Å². The average molecular weight is 311 g/mol. The number of nitrogen functional groups attached to an aromatic ring is 1. The minimum atomic E-state index is -3.52. The van der Waals surface area contributed by atoms with Gasteiger partial charge in [0.05, 0.1) is 5.69 Å². The second-order valence-corrected chi connectivity index (χ2v) is 7.70. The lowest BCUT2D eigenvalue weighted by Gasteiger charge is -2.30. The second kappa shape index (κ2) is 6.77. The first kappa shape index (κ1) is 16.3. The summed E-state index contributed by atoms with van der Waals surface area (Å²) in [7, 11) is -3.52. The standard InChI is InChI=1S/C15H25N3O2S/c1-12-5-8-18(9-6-12)10-7-17-21(19,20)15-4-3-13(2)11-14(15)16/h3-4,11-12,17H,5-10,16H2,1-2H3. The maximum Gasteiger partial charge on any atom is 0.242 e. The molecule has 3 N–H and O–H groups in total. The molecule has 1 aromatic carbocycles. The number of hydrogen-bond donors (Lipinski definition) is 2. The lowest BCUT2D eigenvalue weighted by molar-refractivity contribution is 0.195. The van der Waals surface area contributed by atoms with E-state index in [-0.39, 0.29) is 4.90 Å². The van der Waals surface area contributed by atoms with Gasteiger partial charge in [0.2, 0.25) is 10.0 Å². The summed E-state index contributed by atoms with van der Waals surface area (Å²) < 4.78 is 27.1. The molecule has 1 heterocycles. The van der Waals surface area contributed by atoms with Crippen LogP contribution in [0.15, 0.2) is 23.1 Å². The van der Waals surface area contributed by atoms with E-state index in [4.69, 9.17) is 5.73 Å². The monoisotopic (exact) mass is 311 g/mol. The summed E-state index contributed by atoms with van der Waals surface area (Å²) in [6.07, 6.45) is 2.38. The number of likely N-dealkylation sites (tertiary alicyclic amines) is 1. The van der Waals surface area contributed by atoms with Crippen LogP contribution in [0, 0.1) is 12.8 Å². The highest BCUT2D eigenvalue weighted by Crippen LogP contribution is 2.19. The highest BCUT2D eigenvalue weighted by Gasteiger charge is 2.19. The van der Waals surface area contributed by atoms with Crippen molar-refractivity contribution < 1.29 is 8.42 Å². The van der Waals surface area contributed by atoms with Gasteiger partial charge in [-0.3, -0.25) is 0 Å². The Hall–Kier alpha value is -1.11. The average Bonchev–Trinajstić information content (AvgIpc) is 2.40. The van der Waals surface area contributed by atoms with E-state index < -0.39 is 10.0 Å². The molecule has 1 aliphatic heterocycles. The van der Waals surface area contributed by atoms with Crippen LogP contribution in [0.2, 0.25) is 0 Å². The molecule has 21 heavy (non-hydrogen) atoms. The number of nitrogens with two attached hydrogens (primary N) is 1. The number of rotatable bonds is 5. The molecular weight excluding hydrogens is 286 g/mol. The molecule has 5 nitrogen and oxygen atoms in total. The van der Waals surface area contributed by atoms with Crippen LogP contribution in [-0.4, -0.2) is 39.5 Å². The summed E-state index contributed by atoms with van der Waals surface area (Å²) in [4.78, 5) is 2.47. The van der Waals surface area contributed by atoms with Crippen LogP contribution in [0.25, 0.3) is 0 Å². The van der Waals surface area contributed by atoms with Crippen molar-refractivity contribution in [2.75, 3.05) is 31.9 Å². The molecule has 0 spiro atoms. The first-order chi connectivity index (χ1) is 9.88. The van der Waals surface area contributed by atoms with Crippen molar-refractivity contribution in [2.24, 2.45) is 5.92 Å². The van der Waals surface area contributed by atoms with Crippen molar-refractivity contribution in [3.05, 3.63) is 23.8 Å². The molecule has 0 amide bonds. The second-order valence-electron chi connectivity index (χ2n) is 5.96. The van der Waals surface area contributed by atoms with E-state index in [2.05, 4.69) is 16.5 Å². The quantitative estimate of drug-likeness (QED) is 0.810. The van der Waals surface area contributed by atoms with Crippen LogP contribution >= 0.6 is 0 Å². The Kier molecular flexibility index (Phi) is 5.24. The molecule has 0 unspecified atom stereocenters. The smallest absolute Gasteiger partial charge is 0.242 e. The predicted molar refractivity (Wildman–Crippen MR) is 85.6 cm³/mol. The Balaban J connectivity index is 1.89. The minimum Gasteiger partial charge on any atom is -0.398 e. The van der Waals surface area contributed by atoms with Gasteiger partial charge in [0, 0.05) is 13.1 Å². The molecule has 2 rings (SSSR count). The first-order valence-corrected chi connectivity index (χ1v) is 8.95. The number of aryl methyl sites for hydroxylation is 1. The van der Waals surface area contributed by atoms with Crippen molar-refractivity contribution in [1.29, 1.82) is 0 Å². The normalized spacial score (nSPS) is 18.0. The number of sulfonamides is 1. The Morgan fingerprint density at radius 1 is 1.33 bits per heavy atom. The fourth-order valence-corrected chi connectivity index (χ4v) is 3.75. The van der Waals surface area contributed by atoms with E-state index in [0.717, 1.165) is 31.1 Å². The highest BCUT2D eigenvalue weighted by molar-refractivity contribution is 7.89. The van der Waals surface area contributed by atoms with Crippen LogP contribution in [0.4, 0.5) is 5.69 Å². The molecule has 0 radical (unpaired) electrons. The van der Waals surface area contributed by atoms with Gasteiger partial charge in [-0.1, -0.05) is 13.0 Å². The molecule has 1 fully saturated rings. The molecular formula is C15H25N3O2S. The van der Waals surface area contributed by atoms with Gasteiger partial charge in [0.1, 0.15) is 4.90 Å². The number of benzene rings is 1. The largest absolute Gasteiger partial charge is 0.398 e. The van der Waals surface area contributed by atoms with Gasteiger partial charge < -0.3 is 10.6 Å². The van der Waals surface area contributed by atoms with Crippen LogP contribution in [0.3, 0.4) is 0 Å². The third kappa shape index (κ3) is 4.43. The number of anilines is 1. The van der Waals surface area contributed by atoms with Gasteiger partial charge in [-0.25, -0.2) is 13.1 Å². The molecule has 6 heteroatoms. The number of hydrogen-bond acceptors (Lipinski definition) is 4. The molecule has 0 atom stereocenters. The summed E-state index contributed by atoms with van der Waals surface area (Å²) >= 11 is 0. The molecule has 118 valence electrons. The lowest BCUT2D eigenvalue weighted by Crippen LogP contribution is -2.39. The van der Waals surface area contributed by atoms with Gasteiger partial charge in [0.25, 0.3) is 0 Å². The summed E-state index contributed by atoms with van der Waals surface area (Å²) in [5.74, 6) is 0.783. The van der Waals surface area contributed by atoms with Gasteiger partial charge in [-0.2, -0.15) is 0 Å². The molecule has 1 aliphatic rings. The zero-order chi connectivity index (χ0) is 15.5. The summed E-state index contributed by atoms with van der Waals surface area (Å²) in [6.45, 7) is 7.42. The van der Waals surface area contributed by atoms with Crippen molar-refractivity contribution in [1.82, 2.24) is 9.62 Å². The van der Waals surface area contributed by atoms with E-state index in [0.29, 0.717) is 12.2 Å². The van der Waals surface area contributed by atoms with E-state index in [1.165, 1.54) is 12.8 Å². The van der Waals surface area contributed by atoms with E-state index in [1.807, 2.05) is 6.92 Å². The Morgan fingerprint density at radius 2 is 2.00 bits per heavy atom. The third-order valence-electron chi connectivity index (χ3n) is 4.05. The third-order valence-corrected chi connectivity index (χ3v) is 5.59. The van der Waals surface area contributed by atoms with Crippen molar-refractivity contribution >= 4 is 15.7 Å². The summed E-state index contributed by atoms with van der Waals surface area (Å²) in [6, 6.07) is 5.01. The lowest BCUT2D eigenvalue weighted by atomic mass is 9.99. The maximum absolute atomic E-state index is 12.2. The van der Waals surface area contributed by atoms with E-state index in [9.17, 15) is 8.42 Å². The van der Waals surface area contributed by atoms with E-state index in [1.54, 1.807) is 18.2 Å². The molecule has 1 aromatic rings. The fraction of sp³-hybridized carbons (Fsp3) is 0.600. The zero-order valence-electron chi connectivity index (χ0n) is 12.8. The number of nitrogens with zero attached hydrogens (tertiary/aromatic N) is 1. The Morgan fingerprint density at radius 3 is 2.62 bits per heavy atom. The van der Waals surface area contributed by atoms with Crippen LogP contribution in [-0.2, 0) is 10.0 Å². The molecule has 0 aliphatic carbocycles. The van der Waals surface area contributed by atoms with Crippen molar-refractivity contribution in [2.45, 2.75) is 31.6 Å². The molecule has 0 saturated carbocycles. The number of nitrogens with one attached hydrogen (secondary N) is 1. The van der Waals surface area contributed by atoms with E-state index >= 15 is 0 Å². The summed E-state index contributed by atoms with van der Waals surface area (Å²) in [5.41, 5.74) is 7.06. The SMILES string of the molecule is Cc1ccc(S(=O)(=O)NCCN2CCC(C)CC2)c(N)c1. The molecule has 1 saturated heterocycles. The van der Waals surface area contributed by atoms with Gasteiger partial charge in [0.15, 0.2) is 0 Å². The van der Waals surface area contributed by atoms with Gasteiger partial charge in [-0.15, -0.1) is 0 Å². The minimum absolute atomic E-state index is 0.167. The van der Waals surface area contributed by atoms with Gasteiger partial charge >= 0.3 is 0 Å². The molecule has 0 aromatic heterocycles. The Bertz CT molecular complexity index is 579. The first-order valence-electron chi connectivity index (χ1n) is 7.46. The van der Waals surface area contributed by atoms with Crippen molar-refractivity contribution in [3.8, 4) is 0 Å². The Labute approximate surface area is 127 Å². The maximum atomic E-state index is 12.2. The van der Waals surface area contributed by atoms with Crippen LogP contribution < -0.4 is 10.5 Å². The van der Waals surface area contributed by atoms with Gasteiger partial charge in [-0.05, 0) is 56.5 Å². The van der Waals surface area contributed by atoms with Crippen molar-refractivity contribution in [3.63, 3.8) is 0 Å². The molecule has 0 bridgehead atoms.